The maximum Gasteiger partial charge on any atom is 0.226 e. The number of hydrogen-bond donors (Lipinski definition) is 1. The number of rotatable bonds is 5. The second kappa shape index (κ2) is 8.80. The van der Waals surface area contributed by atoms with Crippen LogP contribution in [0.25, 0.3) is 5.70 Å². The van der Waals surface area contributed by atoms with Crippen LogP contribution < -0.4 is 24.3 Å². The summed E-state index contributed by atoms with van der Waals surface area (Å²) < 4.78 is 25.1. The van der Waals surface area contributed by atoms with Crippen molar-refractivity contribution in [3.63, 3.8) is 0 Å². The van der Waals surface area contributed by atoms with Crippen LogP contribution in [0.1, 0.15) is 28.8 Å². The lowest BCUT2D eigenvalue weighted by Gasteiger charge is -2.39. The van der Waals surface area contributed by atoms with Gasteiger partial charge < -0.3 is 24.3 Å². The molecule has 8 nitrogen and oxygen atoms in total. The fraction of sp³-hybridized carbons (Fsp3) is 0.185. The number of nitrogens with zero attached hydrogens (tertiary/aromatic N) is 3. The normalized spacial score (nSPS) is 17.8. The van der Waals surface area contributed by atoms with Crippen molar-refractivity contribution in [2.75, 3.05) is 26.6 Å². The molecular weight excluding hydrogens is 480 g/mol. The zero-order valence-electron chi connectivity index (χ0n) is 19.9. The van der Waals surface area contributed by atoms with Crippen LogP contribution in [0.5, 0.6) is 23.0 Å². The van der Waals surface area contributed by atoms with E-state index in [1.807, 2.05) is 65.3 Å². The van der Waals surface area contributed by atoms with Gasteiger partial charge in [-0.25, -0.2) is 4.68 Å². The van der Waals surface area contributed by atoms with Crippen LogP contribution >= 0.6 is 11.6 Å². The number of anilines is 1. The number of ether oxygens (including phenoxy) is 4. The van der Waals surface area contributed by atoms with E-state index < -0.39 is 6.10 Å². The van der Waals surface area contributed by atoms with Crippen molar-refractivity contribution in [1.82, 2.24) is 14.8 Å². The number of aromatic nitrogens is 3. The van der Waals surface area contributed by atoms with E-state index in [2.05, 4.69) is 15.4 Å². The van der Waals surface area contributed by atoms with Gasteiger partial charge in [0.05, 0.1) is 27.0 Å². The van der Waals surface area contributed by atoms with Crippen molar-refractivity contribution in [3.05, 3.63) is 94.3 Å². The number of methoxy groups -OCH3 is 3. The van der Waals surface area contributed by atoms with E-state index in [0.29, 0.717) is 28.2 Å². The average Bonchev–Trinajstić information content (AvgIpc) is 3.39. The van der Waals surface area contributed by atoms with Gasteiger partial charge in [-0.2, -0.15) is 10.1 Å². The summed E-state index contributed by atoms with van der Waals surface area (Å²) in [4.78, 5) is 4.47. The molecule has 182 valence electrons. The van der Waals surface area contributed by atoms with E-state index >= 15 is 0 Å². The molecule has 3 heterocycles. The molecule has 9 heteroatoms. The summed E-state index contributed by atoms with van der Waals surface area (Å²) in [6.07, 6.45) is 1.05. The van der Waals surface area contributed by atoms with Gasteiger partial charge in [0.1, 0.15) is 35.4 Å². The minimum atomic E-state index is -0.494. The van der Waals surface area contributed by atoms with Gasteiger partial charge in [-0.05, 0) is 48.0 Å². The lowest BCUT2D eigenvalue weighted by atomic mass is 9.84. The van der Waals surface area contributed by atoms with Gasteiger partial charge in [-0.15, -0.1) is 0 Å². The summed E-state index contributed by atoms with van der Waals surface area (Å²) in [7, 11) is 4.92. The van der Waals surface area contributed by atoms with Gasteiger partial charge in [0.25, 0.3) is 0 Å². The van der Waals surface area contributed by atoms with Gasteiger partial charge in [-0.1, -0.05) is 23.7 Å². The third-order valence-corrected chi connectivity index (χ3v) is 6.77. The predicted molar refractivity (Wildman–Crippen MR) is 136 cm³/mol. The molecule has 0 spiro atoms. The Hall–Kier alpha value is -4.17. The predicted octanol–water partition coefficient (Wildman–Crippen LogP) is 5.52. The standard InChI is InChI=1S/C27H23ClN4O4/c1-33-17-7-4-15(5-8-17)25-23-24(31-27-29-14-30-32(25)27)20-12-16(28)6-11-21(20)36-26(23)19-10-9-18(34-2)13-22(19)35-3/h4-14,25-26H,1-3H3,(H,29,30,31)/t25-,26-/m0/s1. The largest absolute Gasteiger partial charge is 0.497 e. The molecule has 0 amide bonds. The molecule has 0 radical (unpaired) electrons. The van der Waals surface area contributed by atoms with E-state index in [9.17, 15) is 0 Å². The van der Waals surface area contributed by atoms with Crippen molar-refractivity contribution in [3.8, 4) is 23.0 Å². The first kappa shape index (κ1) is 22.3. The van der Waals surface area contributed by atoms with Crippen LogP contribution in [-0.4, -0.2) is 36.1 Å². The maximum atomic E-state index is 6.68. The fourth-order valence-electron chi connectivity index (χ4n) is 4.84. The monoisotopic (exact) mass is 502 g/mol. The molecular formula is C27H23ClN4O4. The van der Waals surface area contributed by atoms with Gasteiger partial charge in [-0.3, -0.25) is 0 Å². The second-order valence-corrected chi connectivity index (χ2v) is 8.84. The van der Waals surface area contributed by atoms with Gasteiger partial charge in [0.2, 0.25) is 5.95 Å². The molecule has 0 saturated heterocycles. The number of benzene rings is 3. The Bertz CT molecular complexity index is 1480. The number of halogens is 1. The molecule has 4 aromatic rings. The SMILES string of the molecule is COc1ccc([C@H]2C3=C(Nc4ncnn42)c2cc(Cl)ccc2O[C@H]3c2ccc(OC)cc2OC)cc1. The summed E-state index contributed by atoms with van der Waals surface area (Å²) >= 11 is 6.42. The first-order valence-corrected chi connectivity index (χ1v) is 11.7. The van der Waals surface area contributed by atoms with E-state index in [4.69, 9.17) is 30.5 Å². The summed E-state index contributed by atoms with van der Waals surface area (Å²) in [6, 6.07) is 18.9. The lowest BCUT2D eigenvalue weighted by Crippen LogP contribution is -2.32. The minimum Gasteiger partial charge on any atom is -0.497 e. The Labute approximate surface area is 213 Å². The van der Waals surface area contributed by atoms with Crippen molar-refractivity contribution in [2.45, 2.75) is 12.1 Å². The lowest BCUT2D eigenvalue weighted by molar-refractivity contribution is 0.217. The smallest absolute Gasteiger partial charge is 0.226 e. The molecule has 3 aromatic carbocycles. The highest BCUT2D eigenvalue weighted by molar-refractivity contribution is 6.30. The fourth-order valence-corrected chi connectivity index (χ4v) is 5.01. The van der Waals surface area contributed by atoms with Crippen LogP contribution in [0.2, 0.25) is 5.02 Å². The summed E-state index contributed by atoms with van der Waals surface area (Å²) in [5.41, 5.74) is 4.55. The first-order chi connectivity index (χ1) is 17.6. The molecule has 0 bridgehead atoms. The summed E-state index contributed by atoms with van der Waals surface area (Å²) in [5, 5.41) is 8.66. The molecule has 6 rings (SSSR count). The number of fused-ring (bicyclic) bond motifs is 3. The van der Waals surface area contributed by atoms with E-state index in [-0.39, 0.29) is 6.04 Å². The van der Waals surface area contributed by atoms with Crippen molar-refractivity contribution < 1.29 is 18.9 Å². The van der Waals surface area contributed by atoms with E-state index in [0.717, 1.165) is 33.7 Å². The highest BCUT2D eigenvalue weighted by Gasteiger charge is 2.42. The van der Waals surface area contributed by atoms with Crippen LogP contribution in [0, 0.1) is 0 Å². The second-order valence-electron chi connectivity index (χ2n) is 8.41. The topological polar surface area (TPSA) is 79.7 Å². The third kappa shape index (κ3) is 3.53. The molecule has 2 atom stereocenters. The maximum absolute atomic E-state index is 6.68. The van der Waals surface area contributed by atoms with Crippen molar-refractivity contribution >= 4 is 23.2 Å². The minimum absolute atomic E-state index is 0.311. The van der Waals surface area contributed by atoms with E-state index in [1.54, 1.807) is 27.7 Å². The molecule has 0 aliphatic carbocycles. The molecule has 2 aliphatic heterocycles. The van der Waals surface area contributed by atoms with Crippen LogP contribution in [0.15, 0.2) is 72.6 Å². The zero-order chi connectivity index (χ0) is 24.8. The van der Waals surface area contributed by atoms with Gasteiger partial charge in [0.15, 0.2) is 6.10 Å². The highest BCUT2D eigenvalue weighted by atomic mass is 35.5. The average molecular weight is 503 g/mol. The zero-order valence-corrected chi connectivity index (χ0v) is 20.6. The van der Waals surface area contributed by atoms with Crippen molar-refractivity contribution in [1.29, 1.82) is 0 Å². The van der Waals surface area contributed by atoms with Gasteiger partial charge in [0, 0.05) is 27.8 Å². The Morgan fingerprint density at radius 3 is 2.44 bits per heavy atom. The summed E-state index contributed by atoms with van der Waals surface area (Å²) in [5.74, 6) is 3.45. The number of hydrogen-bond acceptors (Lipinski definition) is 7. The molecule has 0 fully saturated rings. The molecule has 1 aromatic heterocycles. The van der Waals surface area contributed by atoms with Crippen molar-refractivity contribution in [2.24, 2.45) is 0 Å². The van der Waals surface area contributed by atoms with Crippen LogP contribution in [0.3, 0.4) is 0 Å². The van der Waals surface area contributed by atoms with Crippen LogP contribution in [-0.2, 0) is 0 Å². The highest BCUT2D eigenvalue weighted by Crippen LogP contribution is 2.52. The Morgan fingerprint density at radius 1 is 0.917 bits per heavy atom. The quantitative estimate of drug-likeness (QED) is 0.385. The molecule has 0 unspecified atom stereocenters. The summed E-state index contributed by atoms with van der Waals surface area (Å²) in [6.45, 7) is 0. The Morgan fingerprint density at radius 2 is 1.69 bits per heavy atom. The van der Waals surface area contributed by atoms with Crippen LogP contribution in [0.4, 0.5) is 5.95 Å². The molecule has 0 saturated carbocycles. The molecule has 36 heavy (non-hydrogen) atoms. The third-order valence-electron chi connectivity index (χ3n) is 6.53. The molecule has 2 aliphatic rings. The Kier molecular flexibility index (Phi) is 5.45. The van der Waals surface area contributed by atoms with Gasteiger partial charge >= 0.3 is 0 Å². The number of nitrogens with one attached hydrogen (secondary N) is 1. The molecule has 1 N–H and O–H groups in total. The first-order valence-electron chi connectivity index (χ1n) is 11.3. The van der Waals surface area contributed by atoms with E-state index in [1.165, 1.54) is 0 Å². The Balaban J connectivity index is 1.62.